The lowest BCUT2D eigenvalue weighted by atomic mass is 10.0. The normalized spacial score (nSPS) is 10.8. The fraction of sp³-hybridized carbons (Fsp3) is 0.286. The number of carbonyl (C=O) groups excluding carboxylic acids is 1. The second kappa shape index (κ2) is 8.56. The first-order chi connectivity index (χ1) is 13.5. The van der Waals surface area contributed by atoms with E-state index in [0.29, 0.717) is 36.0 Å². The van der Waals surface area contributed by atoms with E-state index in [-0.39, 0.29) is 5.97 Å². The Morgan fingerprint density at radius 1 is 1.04 bits per heavy atom. The number of halogens is 1. The van der Waals surface area contributed by atoms with Crippen LogP contribution >= 0.6 is 15.9 Å². The predicted molar refractivity (Wildman–Crippen MR) is 111 cm³/mol. The van der Waals surface area contributed by atoms with Crippen LogP contribution in [-0.4, -0.2) is 38.9 Å². The van der Waals surface area contributed by atoms with E-state index in [1.165, 1.54) is 0 Å². The van der Waals surface area contributed by atoms with E-state index in [0.717, 1.165) is 26.5 Å². The molecule has 2 aromatic carbocycles. The Morgan fingerprint density at radius 3 is 2.29 bits per heavy atom. The lowest BCUT2D eigenvalue weighted by molar-refractivity contribution is 0.0519. The largest absolute Gasteiger partial charge is 0.493 e. The molecular formula is C21H22BrNO5. The van der Waals surface area contributed by atoms with Gasteiger partial charge in [-0.25, -0.2) is 4.79 Å². The summed E-state index contributed by atoms with van der Waals surface area (Å²) in [6.45, 7) is 2.09. The maximum absolute atomic E-state index is 12.5. The van der Waals surface area contributed by atoms with Gasteiger partial charge in [0, 0.05) is 21.8 Å². The van der Waals surface area contributed by atoms with Gasteiger partial charge in [-0.1, -0.05) is 15.9 Å². The molecule has 0 aliphatic carbocycles. The number of benzene rings is 2. The van der Waals surface area contributed by atoms with Crippen molar-refractivity contribution in [2.45, 2.75) is 13.3 Å². The lowest BCUT2D eigenvalue weighted by Gasteiger charge is -2.14. The van der Waals surface area contributed by atoms with Crippen molar-refractivity contribution in [3.8, 4) is 17.2 Å². The average molecular weight is 448 g/mol. The molecule has 3 rings (SSSR count). The summed E-state index contributed by atoms with van der Waals surface area (Å²) >= 11 is 3.51. The predicted octanol–water partition coefficient (Wildman–Crippen LogP) is 4.72. The standard InChI is InChI=1S/C21H22BrNO5/c1-5-28-21(24)19-15(14-11-13(22)6-7-16(14)23-19)8-12-9-17(25-2)20(27-4)18(10-12)26-3/h6-7,9-11,23H,5,8H2,1-4H3. The minimum Gasteiger partial charge on any atom is -0.493 e. The molecule has 148 valence electrons. The van der Waals surface area contributed by atoms with Crippen LogP contribution in [0.4, 0.5) is 0 Å². The molecule has 0 radical (unpaired) electrons. The summed E-state index contributed by atoms with van der Waals surface area (Å²) in [5.41, 5.74) is 3.09. The SMILES string of the molecule is CCOC(=O)c1[nH]c2ccc(Br)cc2c1Cc1cc(OC)c(OC)c(OC)c1. The van der Waals surface area contributed by atoms with Crippen LogP contribution in [0.15, 0.2) is 34.8 Å². The van der Waals surface area contributed by atoms with Gasteiger partial charge in [0.2, 0.25) is 5.75 Å². The highest BCUT2D eigenvalue weighted by molar-refractivity contribution is 9.10. The number of hydrogen-bond acceptors (Lipinski definition) is 5. The van der Waals surface area contributed by atoms with Gasteiger partial charge in [-0.05, 0) is 48.4 Å². The number of carbonyl (C=O) groups is 1. The first-order valence-electron chi connectivity index (χ1n) is 8.78. The average Bonchev–Trinajstić information content (AvgIpc) is 3.05. The Bertz CT molecular complexity index is 986. The number of nitrogens with one attached hydrogen (secondary N) is 1. The highest BCUT2D eigenvalue weighted by Crippen LogP contribution is 2.39. The van der Waals surface area contributed by atoms with Crippen molar-refractivity contribution in [1.29, 1.82) is 0 Å². The van der Waals surface area contributed by atoms with Crippen molar-refractivity contribution in [2.24, 2.45) is 0 Å². The maximum atomic E-state index is 12.5. The van der Waals surface area contributed by atoms with Crippen LogP contribution in [0, 0.1) is 0 Å². The van der Waals surface area contributed by atoms with Crippen LogP contribution < -0.4 is 14.2 Å². The smallest absolute Gasteiger partial charge is 0.355 e. The first-order valence-corrected chi connectivity index (χ1v) is 9.57. The molecule has 0 bridgehead atoms. The van der Waals surface area contributed by atoms with Gasteiger partial charge in [0.15, 0.2) is 11.5 Å². The van der Waals surface area contributed by atoms with E-state index in [1.807, 2.05) is 30.3 Å². The molecule has 0 unspecified atom stereocenters. The summed E-state index contributed by atoms with van der Waals surface area (Å²) in [6.07, 6.45) is 0.487. The molecule has 28 heavy (non-hydrogen) atoms. The van der Waals surface area contributed by atoms with Gasteiger partial charge < -0.3 is 23.9 Å². The number of aromatic nitrogens is 1. The summed E-state index contributed by atoms with van der Waals surface area (Å²) < 4.78 is 22.5. The molecule has 3 aromatic rings. The van der Waals surface area contributed by atoms with Crippen LogP contribution in [0.3, 0.4) is 0 Å². The number of fused-ring (bicyclic) bond motifs is 1. The Kier molecular flexibility index (Phi) is 6.14. The van der Waals surface area contributed by atoms with Gasteiger partial charge >= 0.3 is 5.97 Å². The van der Waals surface area contributed by atoms with E-state index in [9.17, 15) is 4.79 Å². The van der Waals surface area contributed by atoms with Gasteiger partial charge in [-0.15, -0.1) is 0 Å². The molecule has 7 heteroatoms. The number of rotatable bonds is 7. The van der Waals surface area contributed by atoms with Crippen LogP contribution in [0.25, 0.3) is 10.9 Å². The fourth-order valence-corrected chi connectivity index (χ4v) is 3.58. The van der Waals surface area contributed by atoms with Gasteiger partial charge in [0.1, 0.15) is 5.69 Å². The molecule has 1 N–H and O–H groups in total. The quantitative estimate of drug-likeness (QED) is 0.530. The molecule has 0 aliphatic heterocycles. The molecule has 0 fully saturated rings. The third kappa shape index (κ3) is 3.80. The zero-order valence-corrected chi connectivity index (χ0v) is 17.8. The molecule has 1 aromatic heterocycles. The molecule has 0 spiro atoms. The van der Waals surface area contributed by atoms with Gasteiger partial charge in [-0.2, -0.15) is 0 Å². The molecule has 1 heterocycles. The van der Waals surface area contributed by atoms with Crippen molar-refractivity contribution in [3.05, 3.63) is 51.6 Å². The van der Waals surface area contributed by atoms with E-state index in [2.05, 4.69) is 20.9 Å². The summed E-state index contributed by atoms with van der Waals surface area (Å²) in [5, 5.41) is 0.950. The van der Waals surface area contributed by atoms with E-state index < -0.39 is 0 Å². The third-order valence-corrected chi connectivity index (χ3v) is 4.95. The highest BCUT2D eigenvalue weighted by Gasteiger charge is 2.21. The molecule has 0 saturated heterocycles. The van der Waals surface area contributed by atoms with E-state index in [1.54, 1.807) is 28.3 Å². The van der Waals surface area contributed by atoms with Crippen molar-refractivity contribution >= 4 is 32.8 Å². The second-order valence-corrected chi connectivity index (χ2v) is 7.01. The number of H-pyrrole nitrogens is 1. The number of methoxy groups -OCH3 is 3. The van der Waals surface area contributed by atoms with Crippen molar-refractivity contribution in [1.82, 2.24) is 4.98 Å². The summed E-state index contributed by atoms with van der Waals surface area (Å²) in [7, 11) is 4.72. The zero-order chi connectivity index (χ0) is 20.3. The molecule has 6 nitrogen and oxygen atoms in total. The van der Waals surface area contributed by atoms with Gasteiger partial charge in [0.05, 0.1) is 27.9 Å². The van der Waals surface area contributed by atoms with Crippen LogP contribution in [0.1, 0.15) is 28.5 Å². The number of hydrogen-bond donors (Lipinski definition) is 1. The summed E-state index contributed by atoms with van der Waals surface area (Å²) in [5.74, 6) is 1.28. The number of aromatic amines is 1. The minimum absolute atomic E-state index is 0.307. The molecule has 0 atom stereocenters. The molecule has 0 saturated carbocycles. The maximum Gasteiger partial charge on any atom is 0.355 e. The molecular weight excluding hydrogens is 426 g/mol. The first kappa shape index (κ1) is 20.1. The Hall–Kier alpha value is -2.67. The van der Waals surface area contributed by atoms with Crippen LogP contribution in [-0.2, 0) is 11.2 Å². The summed E-state index contributed by atoms with van der Waals surface area (Å²) in [4.78, 5) is 15.7. The van der Waals surface area contributed by atoms with E-state index >= 15 is 0 Å². The highest BCUT2D eigenvalue weighted by atomic mass is 79.9. The van der Waals surface area contributed by atoms with Crippen molar-refractivity contribution in [3.63, 3.8) is 0 Å². The monoisotopic (exact) mass is 447 g/mol. The zero-order valence-electron chi connectivity index (χ0n) is 16.2. The van der Waals surface area contributed by atoms with Gasteiger partial charge in [-0.3, -0.25) is 0 Å². The molecule has 0 amide bonds. The Morgan fingerprint density at radius 2 is 1.71 bits per heavy atom. The summed E-state index contributed by atoms with van der Waals surface area (Å²) in [6, 6.07) is 9.61. The second-order valence-electron chi connectivity index (χ2n) is 6.10. The van der Waals surface area contributed by atoms with Gasteiger partial charge in [0.25, 0.3) is 0 Å². The van der Waals surface area contributed by atoms with Crippen molar-refractivity contribution in [2.75, 3.05) is 27.9 Å². The fourth-order valence-electron chi connectivity index (χ4n) is 3.22. The molecule has 0 aliphatic rings. The number of ether oxygens (including phenoxy) is 4. The minimum atomic E-state index is -0.378. The Balaban J connectivity index is 2.14. The Labute approximate surface area is 171 Å². The number of esters is 1. The van der Waals surface area contributed by atoms with E-state index in [4.69, 9.17) is 18.9 Å². The van der Waals surface area contributed by atoms with Crippen LogP contribution in [0.5, 0.6) is 17.2 Å². The topological polar surface area (TPSA) is 69.8 Å². The lowest BCUT2D eigenvalue weighted by Crippen LogP contribution is -2.08. The van der Waals surface area contributed by atoms with Crippen LogP contribution in [0.2, 0.25) is 0 Å². The van der Waals surface area contributed by atoms with Crippen molar-refractivity contribution < 1.29 is 23.7 Å². The third-order valence-electron chi connectivity index (χ3n) is 4.45.